The number of hydrogen-bond donors (Lipinski definition) is 0. The average molecular weight is 373 g/mol. The number of nitrogens with zero attached hydrogens (tertiary/aromatic N) is 3. The van der Waals surface area contributed by atoms with Gasteiger partial charge in [0.05, 0.1) is 19.1 Å². The first kappa shape index (κ1) is 17.9. The van der Waals surface area contributed by atoms with Crippen molar-refractivity contribution in [2.45, 2.75) is 13.5 Å². The van der Waals surface area contributed by atoms with E-state index < -0.39 is 0 Å². The highest BCUT2D eigenvalue weighted by Crippen LogP contribution is 2.25. The monoisotopic (exact) mass is 373 g/mol. The van der Waals surface area contributed by atoms with E-state index in [1.165, 1.54) is 11.3 Å². The second-order valence-electron chi connectivity index (χ2n) is 5.41. The van der Waals surface area contributed by atoms with Crippen LogP contribution in [0.15, 0.2) is 40.2 Å². The minimum absolute atomic E-state index is 0.166. The SMILES string of the molecule is CCN(Cc1nc(-c2cccs2)no1)C(=O)c1cc(OC)cc(OC)c1. The molecule has 0 aliphatic rings. The number of ether oxygens (including phenoxy) is 2. The fourth-order valence-corrected chi connectivity index (χ4v) is 3.08. The van der Waals surface area contributed by atoms with E-state index in [1.807, 2.05) is 24.4 Å². The lowest BCUT2D eigenvalue weighted by Gasteiger charge is -2.19. The Morgan fingerprint density at radius 3 is 2.54 bits per heavy atom. The standard InChI is InChI=1S/C18H19N3O4S/c1-4-21(11-16-19-17(20-25-16)15-6-5-7-26-15)18(22)12-8-13(23-2)10-14(9-12)24-3/h5-10H,4,11H2,1-3H3. The maximum atomic E-state index is 12.9. The van der Waals surface area contributed by atoms with Gasteiger partial charge in [0.1, 0.15) is 18.0 Å². The fraction of sp³-hybridized carbons (Fsp3) is 0.278. The molecule has 7 nitrogen and oxygen atoms in total. The number of carbonyl (C=O) groups excluding carboxylic acids is 1. The molecule has 0 aliphatic heterocycles. The molecule has 2 heterocycles. The van der Waals surface area contributed by atoms with Crippen LogP contribution in [-0.4, -0.2) is 41.7 Å². The third-order valence-corrected chi connectivity index (χ3v) is 4.67. The van der Waals surface area contributed by atoms with Gasteiger partial charge in [-0.2, -0.15) is 4.98 Å². The maximum Gasteiger partial charge on any atom is 0.254 e. The molecule has 136 valence electrons. The molecule has 1 amide bonds. The lowest BCUT2D eigenvalue weighted by Crippen LogP contribution is -2.30. The minimum Gasteiger partial charge on any atom is -0.497 e. The minimum atomic E-state index is -0.166. The number of rotatable bonds is 7. The van der Waals surface area contributed by atoms with Crippen molar-refractivity contribution in [2.24, 2.45) is 0 Å². The number of thiophene rings is 1. The summed E-state index contributed by atoms with van der Waals surface area (Å²) >= 11 is 1.53. The molecular formula is C18H19N3O4S. The molecule has 0 saturated heterocycles. The van der Waals surface area contributed by atoms with E-state index in [2.05, 4.69) is 10.1 Å². The van der Waals surface area contributed by atoms with Crippen LogP contribution in [0.1, 0.15) is 23.2 Å². The molecule has 0 atom stereocenters. The second-order valence-corrected chi connectivity index (χ2v) is 6.36. The normalized spacial score (nSPS) is 10.6. The lowest BCUT2D eigenvalue weighted by atomic mass is 10.1. The first-order chi connectivity index (χ1) is 12.6. The van der Waals surface area contributed by atoms with Gasteiger partial charge in [0, 0.05) is 18.2 Å². The lowest BCUT2D eigenvalue weighted by molar-refractivity contribution is 0.0733. The van der Waals surface area contributed by atoms with Crippen LogP contribution in [-0.2, 0) is 6.54 Å². The summed E-state index contributed by atoms with van der Waals surface area (Å²) < 4.78 is 15.8. The Morgan fingerprint density at radius 2 is 1.96 bits per heavy atom. The van der Waals surface area contributed by atoms with Gasteiger partial charge in [0.25, 0.3) is 5.91 Å². The molecule has 26 heavy (non-hydrogen) atoms. The molecule has 0 bridgehead atoms. The number of aromatic nitrogens is 2. The Labute approximate surface area is 155 Å². The zero-order valence-electron chi connectivity index (χ0n) is 14.8. The highest BCUT2D eigenvalue weighted by molar-refractivity contribution is 7.13. The Kier molecular flexibility index (Phi) is 5.52. The van der Waals surface area contributed by atoms with Crippen LogP contribution in [0.5, 0.6) is 11.5 Å². The average Bonchev–Trinajstić information content (AvgIpc) is 3.36. The first-order valence-electron chi connectivity index (χ1n) is 8.03. The van der Waals surface area contributed by atoms with Crippen LogP contribution in [0.4, 0.5) is 0 Å². The third kappa shape index (κ3) is 3.85. The molecule has 0 spiro atoms. The molecule has 3 aromatic rings. The zero-order valence-corrected chi connectivity index (χ0v) is 15.6. The fourth-order valence-electron chi connectivity index (χ4n) is 2.43. The molecule has 2 aromatic heterocycles. The quantitative estimate of drug-likeness (QED) is 0.631. The van der Waals surface area contributed by atoms with Crippen LogP contribution in [0.25, 0.3) is 10.7 Å². The molecule has 0 fully saturated rings. The van der Waals surface area contributed by atoms with Gasteiger partial charge in [-0.15, -0.1) is 11.3 Å². The Balaban J connectivity index is 1.79. The summed E-state index contributed by atoms with van der Waals surface area (Å²) in [6.45, 7) is 2.62. The van der Waals surface area contributed by atoms with Crippen molar-refractivity contribution < 1.29 is 18.8 Å². The maximum absolute atomic E-state index is 12.9. The van der Waals surface area contributed by atoms with Crippen LogP contribution < -0.4 is 9.47 Å². The van der Waals surface area contributed by atoms with Crippen molar-refractivity contribution in [1.82, 2.24) is 15.0 Å². The van der Waals surface area contributed by atoms with Crippen LogP contribution >= 0.6 is 11.3 Å². The Morgan fingerprint density at radius 1 is 1.23 bits per heavy atom. The van der Waals surface area contributed by atoms with Crippen molar-refractivity contribution in [2.75, 3.05) is 20.8 Å². The molecule has 8 heteroatoms. The summed E-state index contributed by atoms with van der Waals surface area (Å²) in [6.07, 6.45) is 0. The van der Waals surface area contributed by atoms with Crippen molar-refractivity contribution in [3.05, 3.63) is 47.2 Å². The van der Waals surface area contributed by atoms with Crippen LogP contribution in [0.2, 0.25) is 0 Å². The smallest absolute Gasteiger partial charge is 0.254 e. The van der Waals surface area contributed by atoms with Gasteiger partial charge in [0.15, 0.2) is 0 Å². The summed E-state index contributed by atoms with van der Waals surface area (Å²) in [4.78, 5) is 19.8. The number of hydrogen-bond acceptors (Lipinski definition) is 7. The summed E-state index contributed by atoms with van der Waals surface area (Å²) in [6, 6.07) is 8.92. The molecule has 1 aromatic carbocycles. The van der Waals surface area contributed by atoms with Crippen molar-refractivity contribution >= 4 is 17.2 Å². The van der Waals surface area contributed by atoms with Crippen molar-refractivity contribution in [3.8, 4) is 22.2 Å². The van der Waals surface area contributed by atoms with E-state index in [0.29, 0.717) is 35.3 Å². The summed E-state index contributed by atoms with van der Waals surface area (Å²) in [7, 11) is 3.09. The van der Waals surface area contributed by atoms with E-state index in [1.54, 1.807) is 37.3 Å². The summed E-state index contributed by atoms with van der Waals surface area (Å²) in [5.41, 5.74) is 0.473. The van der Waals surface area contributed by atoms with E-state index in [-0.39, 0.29) is 12.5 Å². The molecule has 0 aliphatic carbocycles. The summed E-state index contributed by atoms with van der Waals surface area (Å²) in [5, 5.41) is 5.93. The van der Waals surface area contributed by atoms with E-state index in [9.17, 15) is 4.79 Å². The first-order valence-corrected chi connectivity index (χ1v) is 8.91. The van der Waals surface area contributed by atoms with Crippen LogP contribution in [0.3, 0.4) is 0 Å². The number of methoxy groups -OCH3 is 2. The van der Waals surface area contributed by atoms with E-state index in [4.69, 9.17) is 14.0 Å². The van der Waals surface area contributed by atoms with Gasteiger partial charge < -0.3 is 18.9 Å². The molecule has 0 saturated carbocycles. The van der Waals surface area contributed by atoms with Gasteiger partial charge in [-0.25, -0.2) is 0 Å². The zero-order chi connectivity index (χ0) is 18.5. The largest absolute Gasteiger partial charge is 0.497 e. The molecule has 0 radical (unpaired) electrons. The highest BCUT2D eigenvalue weighted by atomic mass is 32.1. The number of amides is 1. The summed E-state index contributed by atoms with van der Waals surface area (Å²) in [5.74, 6) is 1.86. The van der Waals surface area contributed by atoms with E-state index >= 15 is 0 Å². The molecule has 0 unspecified atom stereocenters. The topological polar surface area (TPSA) is 77.7 Å². The second kappa shape index (κ2) is 8.01. The van der Waals surface area contributed by atoms with Crippen molar-refractivity contribution in [3.63, 3.8) is 0 Å². The highest BCUT2D eigenvalue weighted by Gasteiger charge is 2.20. The molecular weight excluding hydrogens is 354 g/mol. The molecule has 3 rings (SSSR count). The van der Waals surface area contributed by atoms with Gasteiger partial charge >= 0.3 is 0 Å². The number of carbonyl (C=O) groups is 1. The predicted octanol–water partition coefficient (Wildman–Crippen LogP) is 3.48. The van der Waals surface area contributed by atoms with Gasteiger partial charge in [0.2, 0.25) is 11.7 Å². The van der Waals surface area contributed by atoms with Gasteiger partial charge in [-0.3, -0.25) is 4.79 Å². The Bertz CT molecular complexity index is 854. The third-order valence-electron chi connectivity index (χ3n) is 3.80. The van der Waals surface area contributed by atoms with Crippen molar-refractivity contribution in [1.29, 1.82) is 0 Å². The van der Waals surface area contributed by atoms with Gasteiger partial charge in [-0.1, -0.05) is 11.2 Å². The molecule has 0 N–H and O–H groups in total. The van der Waals surface area contributed by atoms with E-state index in [0.717, 1.165) is 4.88 Å². The van der Waals surface area contributed by atoms with Gasteiger partial charge in [-0.05, 0) is 30.5 Å². The Hall–Kier alpha value is -2.87. The predicted molar refractivity (Wildman–Crippen MR) is 97.6 cm³/mol. The van der Waals surface area contributed by atoms with Crippen LogP contribution in [0, 0.1) is 0 Å². The number of benzene rings is 1.